The van der Waals surface area contributed by atoms with Crippen LogP contribution in [0.1, 0.15) is 31.2 Å². The molecule has 0 aromatic heterocycles. The van der Waals surface area contributed by atoms with Crippen molar-refractivity contribution in [1.82, 2.24) is 4.90 Å². The average Bonchev–Trinajstić information content (AvgIpc) is 2.92. The molecule has 1 aromatic rings. The Labute approximate surface area is 109 Å². The van der Waals surface area contributed by atoms with Crippen molar-refractivity contribution in [2.24, 2.45) is 0 Å². The number of nitriles is 1. The van der Waals surface area contributed by atoms with Gasteiger partial charge in [0, 0.05) is 12.6 Å². The summed E-state index contributed by atoms with van der Waals surface area (Å²) >= 11 is 0. The lowest BCUT2D eigenvalue weighted by atomic mass is 10.1. The molecule has 1 saturated carbocycles. The van der Waals surface area contributed by atoms with Gasteiger partial charge in [0.2, 0.25) is 0 Å². The molecule has 0 N–H and O–H groups in total. The number of rotatable bonds is 5. The van der Waals surface area contributed by atoms with Crippen LogP contribution in [0.2, 0.25) is 0 Å². The first-order valence-electron chi connectivity index (χ1n) is 6.57. The van der Waals surface area contributed by atoms with Gasteiger partial charge in [-0.3, -0.25) is 4.90 Å². The molecule has 18 heavy (non-hydrogen) atoms. The predicted octanol–water partition coefficient (Wildman–Crippen LogP) is 2.96. The van der Waals surface area contributed by atoms with Gasteiger partial charge in [-0.25, -0.2) is 0 Å². The SMILES string of the molecule is COc1cccc(CN(CC#N)C2CCCC2)c1. The summed E-state index contributed by atoms with van der Waals surface area (Å²) in [5.41, 5.74) is 1.22. The largest absolute Gasteiger partial charge is 0.497 e. The Hall–Kier alpha value is -1.53. The second-order valence-corrected chi connectivity index (χ2v) is 4.85. The molecular weight excluding hydrogens is 224 g/mol. The first-order chi connectivity index (χ1) is 8.83. The monoisotopic (exact) mass is 244 g/mol. The van der Waals surface area contributed by atoms with Crippen molar-refractivity contribution in [3.05, 3.63) is 29.8 Å². The molecule has 0 spiro atoms. The number of methoxy groups -OCH3 is 1. The zero-order valence-corrected chi connectivity index (χ0v) is 10.9. The molecule has 1 aliphatic rings. The number of hydrogen-bond donors (Lipinski definition) is 0. The summed E-state index contributed by atoms with van der Waals surface area (Å²) in [6, 6.07) is 11.0. The Bertz CT molecular complexity index is 419. The first-order valence-corrected chi connectivity index (χ1v) is 6.57. The third-order valence-electron chi connectivity index (χ3n) is 3.63. The van der Waals surface area contributed by atoms with Gasteiger partial charge < -0.3 is 4.74 Å². The molecule has 96 valence electrons. The van der Waals surface area contributed by atoms with Crippen LogP contribution in [0.4, 0.5) is 0 Å². The number of ether oxygens (including phenoxy) is 1. The van der Waals surface area contributed by atoms with Gasteiger partial charge in [-0.05, 0) is 30.5 Å². The van der Waals surface area contributed by atoms with E-state index in [1.54, 1.807) is 7.11 Å². The minimum absolute atomic E-state index is 0.516. The van der Waals surface area contributed by atoms with Gasteiger partial charge in [-0.15, -0.1) is 0 Å². The summed E-state index contributed by atoms with van der Waals surface area (Å²) in [6.45, 7) is 1.36. The van der Waals surface area contributed by atoms with Crippen LogP contribution in [0.5, 0.6) is 5.75 Å². The summed E-state index contributed by atoms with van der Waals surface area (Å²) in [5, 5.41) is 8.96. The lowest BCUT2D eigenvalue weighted by Crippen LogP contribution is -2.33. The van der Waals surface area contributed by atoms with Crippen LogP contribution in [-0.4, -0.2) is 24.6 Å². The fraction of sp³-hybridized carbons (Fsp3) is 0.533. The number of hydrogen-bond acceptors (Lipinski definition) is 3. The Morgan fingerprint density at radius 2 is 2.17 bits per heavy atom. The maximum Gasteiger partial charge on any atom is 0.119 e. The molecule has 0 atom stereocenters. The van der Waals surface area contributed by atoms with Gasteiger partial charge in [0.1, 0.15) is 5.75 Å². The van der Waals surface area contributed by atoms with E-state index in [4.69, 9.17) is 10.00 Å². The van der Waals surface area contributed by atoms with E-state index in [-0.39, 0.29) is 0 Å². The van der Waals surface area contributed by atoms with E-state index in [1.165, 1.54) is 31.2 Å². The van der Waals surface area contributed by atoms with Crippen molar-refractivity contribution in [2.75, 3.05) is 13.7 Å². The van der Waals surface area contributed by atoms with Crippen molar-refractivity contribution in [3.8, 4) is 11.8 Å². The molecule has 1 fully saturated rings. The van der Waals surface area contributed by atoms with Gasteiger partial charge in [0.25, 0.3) is 0 Å². The van der Waals surface area contributed by atoms with Crippen LogP contribution in [0.15, 0.2) is 24.3 Å². The standard InChI is InChI=1S/C15H20N2O/c1-18-15-8-4-5-13(11-15)12-17(10-9-16)14-6-2-3-7-14/h4-5,8,11,14H,2-3,6-7,10,12H2,1H3. The van der Waals surface area contributed by atoms with Gasteiger partial charge in [-0.2, -0.15) is 5.26 Å². The van der Waals surface area contributed by atoms with Crippen molar-refractivity contribution < 1.29 is 4.74 Å². The first kappa shape index (κ1) is 12.9. The minimum Gasteiger partial charge on any atom is -0.497 e. The van der Waals surface area contributed by atoms with E-state index >= 15 is 0 Å². The second-order valence-electron chi connectivity index (χ2n) is 4.85. The molecule has 0 saturated heterocycles. The third-order valence-corrected chi connectivity index (χ3v) is 3.63. The molecule has 0 unspecified atom stereocenters. The Kier molecular flexibility index (Phi) is 4.60. The molecule has 3 nitrogen and oxygen atoms in total. The summed E-state index contributed by atoms with van der Waals surface area (Å²) < 4.78 is 5.24. The highest BCUT2D eigenvalue weighted by Crippen LogP contribution is 2.25. The maximum atomic E-state index is 8.96. The van der Waals surface area contributed by atoms with Crippen LogP contribution in [0.3, 0.4) is 0 Å². The molecule has 0 aliphatic heterocycles. The van der Waals surface area contributed by atoms with E-state index < -0.39 is 0 Å². The molecule has 0 heterocycles. The zero-order chi connectivity index (χ0) is 12.8. The van der Waals surface area contributed by atoms with Crippen LogP contribution < -0.4 is 4.74 Å². The van der Waals surface area contributed by atoms with Crippen LogP contribution in [0.25, 0.3) is 0 Å². The maximum absolute atomic E-state index is 8.96. The molecular formula is C15H20N2O. The number of benzene rings is 1. The lowest BCUT2D eigenvalue weighted by Gasteiger charge is -2.26. The zero-order valence-electron chi connectivity index (χ0n) is 10.9. The molecule has 1 aromatic carbocycles. The quantitative estimate of drug-likeness (QED) is 0.747. The summed E-state index contributed by atoms with van der Waals surface area (Å²) in [6.07, 6.45) is 5.05. The van der Waals surface area contributed by atoms with Gasteiger partial charge in [-0.1, -0.05) is 25.0 Å². The van der Waals surface area contributed by atoms with Gasteiger partial charge in [0.15, 0.2) is 0 Å². The van der Waals surface area contributed by atoms with Crippen molar-refractivity contribution in [2.45, 2.75) is 38.3 Å². The van der Waals surface area contributed by atoms with E-state index in [1.807, 2.05) is 12.1 Å². The molecule has 0 bridgehead atoms. The fourth-order valence-corrected chi connectivity index (χ4v) is 2.68. The number of nitrogens with zero attached hydrogens (tertiary/aromatic N) is 2. The fourth-order valence-electron chi connectivity index (χ4n) is 2.68. The van der Waals surface area contributed by atoms with Gasteiger partial charge in [0.05, 0.1) is 19.7 Å². The van der Waals surface area contributed by atoms with E-state index in [0.717, 1.165) is 12.3 Å². The lowest BCUT2D eigenvalue weighted by molar-refractivity contribution is 0.214. The summed E-state index contributed by atoms with van der Waals surface area (Å²) in [4.78, 5) is 2.29. The summed E-state index contributed by atoms with van der Waals surface area (Å²) in [7, 11) is 1.68. The van der Waals surface area contributed by atoms with Crippen LogP contribution in [0, 0.1) is 11.3 Å². The predicted molar refractivity (Wildman–Crippen MR) is 71.3 cm³/mol. The molecule has 2 rings (SSSR count). The van der Waals surface area contributed by atoms with Crippen molar-refractivity contribution in [1.29, 1.82) is 5.26 Å². The van der Waals surface area contributed by atoms with E-state index in [9.17, 15) is 0 Å². The van der Waals surface area contributed by atoms with Gasteiger partial charge >= 0.3 is 0 Å². The Morgan fingerprint density at radius 1 is 1.39 bits per heavy atom. The highest BCUT2D eigenvalue weighted by atomic mass is 16.5. The normalized spacial score (nSPS) is 15.8. The van der Waals surface area contributed by atoms with Crippen LogP contribution in [-0.2, 0) is 6.54 Å². The topological polar surface area (TPSA) is 36.3 Å². The Morgan fingerprint density at radius 3 is 2.83 bits per heavy atom. The third kappa shape index (κ3) is 3.24. The van der Waals surface area contributed by atoms with Crippen molar-refractivity contribution >= 4 is 0 Å². The van der Waals surface area contributed by atoms with E-state index in [2.05, 4.69) is 23.1 Å². The highest BCUT2D eigenvalue weighted by molar-refractivity contribution is 5.28. The molecule has 3 heteroatoms. The van der Waals surface area contributed by atoms with Crippen molar-refractivity contribution in [3.63, 3.8) is 0 Å². The Balaban J connectivity index is 2.05. The molecule has 1 aliphatic carbocycles. The molecule has 0 radical (unpaired) electrons. The summed E-state index contributed by atoms with van der Waals surface area (Å²) in [5.74, 6) is 0.885. The highest BCUT2D eigenvalue weighted by Gasteiger charge is 2.22. The smallest absolute Gasteiger partial charge is 0.119 e. The average molecular weight is 244 g/mol. The molecule has 0 amide bonds. The van der Waals surface area contributed by atoms with Crippen LogP contribution >= 0.6 is 0 Å². The minimum atomic E-state index is 0.516. The second kappa shape index (κ2) is 6.42. The van der Waals surface area contributed by atoms with E-state index in [0.29, 0.717) is 12.6 Å².